The van der Waals surface area contributed by atoms with Crippen LogP contribution in [0.1, 0.15) is 11.3 Å². The van der Waals surface area contributed by atoms with Crippen molar-refractivity contribution < 1.29 is 4.79 Å². The van der Waals surface area contributed by atoms with E-state index >= 15 is 0 Å². The van der Waals surface area contributed by atoms with Gasteiger partial charge in [0.15, 0.2) is 5.78 Å². The summed E-state index contributed by atoms with van der Waals surface area (Å²) in [5.74, 6) is 0.431. The maximum absolute atomic E-state index is 12.1. The summed E-state index contributed by atoms with van der Waals surface area (Å²) >= 11 is 0. The number of rotatable bonds is 4. The molecule has 102 valence electrons. The minimum atomic E-state index is 0.0913. The molecule has 20 heavy (non-hydrogen) atoms. The largest absolute Gasteiger partial charge is 0.298 e. The van der Waals surface area contributed by atoms with Gasteiger partial charge >= 0.3 is 0 Å². The first kappa shape index (κ1) is 13.0. The Kier molecular flexibility index (Phi) is 3.88. The van der Waals surface area contributed by atoms with E-state index in [2.05, 4.69) is 22.0 Å². The topological polar surface area (TPSA) is 33.2 Å². The van der Waals surface area contributed by atoms with Crippen LogP contribution in [-0.2, 0) is 17.8 Å². The lowest BCUT2D eigenvalue weighted by Gasteiger charge is -2.14. The number of hydrogen-bond donors (Lipinski definition) is 0. The second-order valence-corrected chi connectivity index (χ2v) is 5.34. The Balaban J connectivity index is 1.61. The molecule has 1 saturated heterocycles. The van der Waals surface area contributed by atoms with Crippen molar-refractivity contribution in [3.05, 3.63) is 66.0 Å². The number of nitrogens with zero attached hydrogens (tertiary/aromatic N) is 2. The van der Waals surface area contributed by atoms with Gasteiger partial charge in [-0.25, -0.2) is 0 Å². The van der Waals surface area contributed by atoms with Gasteiger partial charge in [0.25, 0.3) is 0 Å². The van der Waals surface area contributed by atoms with Crippen LogP contribution < -0.4 is 0 Å². The minimum Gasteiger partial charge on any atom is -0.298 e. The van der Waals surface area contributed by atoms with Crippen molar-refractivity contribution in [1.29, 1.82) is 0 Å². The molecule has 1 fully saturated rings. The van der Waals surface area contributed by atoms with Crippen LogP contribution in [0.25, 0.3) is 0 Å². The van der Waals surface area contributed by atoms with Crippen LogP contribution in [0.2, 0.25) is 0 Å². The minimum absolute atomic E-state index is 0.0913. The van der Waals surface area contributed by atoms with Gasteiger partial charge in [-0.3, -0.25) is 14.7 Å². The molecular weight excluding hydrogens is 248 g/mol. The smallest absolute Gasteiger partial charge is 0.151 e. The van der Waals surface area contributed by atoms with E-state index in [4.69, 9.17) is 0 Å². The van der Waals surface area contributed by atoms with Gasteiger partial charge in [0.1, 0.15) is 0 Å². The molecule has 1 unspecified atom stereocenters. The van der Waals surface area contributed by atoms with E-state index in [0.29, 0.717) is 12.3 Å². The quantitative estimate of drug-likeness (QED) is 0.851. The number of aromatic nitrogens is 1. The van der Waals surface area contributed by atoms with E-state index in [1.165, 1.54) is 5.56 Å². The lowest BCUT2D eigenvalue weighted by Crippen LogP contribution is -2.20. The summed E-state index contributed by atoms with van der Waals surface area (Å²) in [5.41, 5.74) is 2.27. The van der Waals surface area contributed by atoms with Crippen molar-refractivity contribution in [2.24, 2.45) is 5.92 Å². The number of carbonyl (C=O) groups excluding carboxylic acids is 1. The van der Waals surface area contributed by atoms with Gasteiger partial charge in [0, 0.05) is 37.3 Å². The average molecular weight is 266 g/mol. The summed E-state index contributed by atoms with van der Waals surface area (Å²) < 4.78 is 0. The van der Waals surface area contributed by atoms with Gasteiger partial charge < -0.3 is 0 Å². The molecule has 3 heteroatoms. The van der Waals surface area contributed by atoms with Crippen molar-refractivity contribution in [2.75, 3.05) is 13.1 Å². The first-order chi connectivity index (χ1) is 9.81. The van der Waals surface area contributed by atoms with Gasteiger partial charge in [-0.15, -0.1) is 0 Å². The maximum Gasteiger partial charge on any atom is 0.151 e. The first-order valence-electron chi connectivity index (χ1n) is 7.00. The summed E-state index contributed by atoms with van der Waals surface area (Å²) in [6, 6.07) is 16.2. The highest BCUT2D eigenvalue weighted by Gasteiger charge is 2.30. The number of pyridine rings is 1. The van der Waals surface area contributed by atoms with E-state index < -0.39 is 0 Å². The van der Waals surface area contributed by atoms with Crippen LogP contribution in [0, 0.1) is 5.92 Å². The highest BCUT2D eigenvalue weighted by atomic mass is 16.1. The molecule has 0 N–H and O–H groups in total. The van der Waals surface area contributed by atoms with Crippen molar-refractivity contribution in [2.45, 2.75) is 13.0 Å². The zero-order chi connectivity index (χ0) is 13.8. The standard InChI is InChI=1S/C17H18N2O/c20-17-13-19(11-14-6-2-1-3-7-14)12-15(17)10-16-8-4-5-9-18-16/h1-9,15H,10-13H2. The van der Waals surface area contributed by atoms with Crippen molar-refractivity contribution in [3.8, 4) is 0 Å². The molecular formula is C17H18N2O. The molecule has 0 aliphatic carbocycles. The molecule has 2 aromatic rings. The number of carbonyl (C=O) groups is 1. The SMILES string of the molecule is O=C1CN(Cc2ccccc2)CC1Cc1ccccn1. The Morgan fingerprint density at radius 1 is 1.10 bits per heavy atom. The molecule has 1 aliphatic heterocycles. The van der Waals surface area contributed by atoms with E-state index in [1.807, 2.05) is 36.4 Å². The predicted molar refractivity (Wildman–Crippen MR) is 78.2 cm³/mol. The summed E-state index contributed by atoms with van der Waals surface area (Å²) in [7, 11) is 0. The second kappa shape index (κ2) is 5.97. The predicted octanol–water partition coefficient (Wildman–Crippen LogP) is 2.33. The highest BCUT2D eigenvalue weighted by molar-refractivity contribution is 5.85. The third kappa shape index (κ3) is 3.11. The van der Waals surface area contributed by atoms with Crippen LogP contribution in [0.3, 0.4) is 0 Å². The molecule has 3 rings (SSSR count). The Labute approximate surface area is 119 Å². The summed E-state index contributed by atoms with van der Waals surface area (Å²) in [6.45, 7) is 2.25. The van der Waals surface area contributed by atoms with Crippen LogP contribution in [-0.4, -0.2) is 28.8 Å². The summed E-state index contributed by atoms with van der Waals surface area (Å²) in [4.78, 5) is 18.7. The van der Waals surface area contributed by atoms with E-state index in [-0.39, 0.29) is 5.92 Å². The van der Waals surface area contributed by atoms with Gasteiger partial charge in [-0.05, 0) is 17.7 Å². The summed E-state index contributed by atoms with van der Waals surface area (Å²) in [6.07, 6.45) is 2.54. The van der Waals surface area contributed by atoms with Gasteiger partial charge in [0.05, 0.1) is 6.54 Å². The lowest BCUT2D eigenvalue weighted by atomic mass is 10.0. The number of Topliss-reactive ketones (excluding diaryl/α,β-unsaturated/α-hetero) is 1. The van der Waals surface area contributed by atoms with Crippen molar-refractivity contribution in [3.63, 3.8) is 0 Å². The van der Waals surface area contributed by atoms with E-state index in [9.17, 15) is 4.79 Å². The number of likely N-dealkylation sites (tertiary alicyclic amines) is 1. The Morgan fingerprint density at radius 2 is 1.90 bits per heavy atom. The molecule has 0 amide bonds. The number of benzene rings is 1. The fourth-order valence-corrected chi connectivity index (χ4v) is 2.74. The van der Waals surface area contributed by atoms with E-state index in [0.717, 1.165) is 25.2 Å². The highest BCUT2D eigenvalue weighted by Crippen LogP contribution is 2.19. The van der Waals surface area contributed by atoms with Crippen LogP contribution >= 0.6 is 0 Å². The number of ketones is 1. The average Bonchev–Trinajstić information content (AvgIpc) is 2.81. The molecule has 3 nitrogen and oxygen atoms in total. The molecule has 1 aliphatic rings. The first-order valence-corrected chi connectivity index (χ1v) is 7.00. The third-order valence-corrected chi connectivity index (χ3v) is 3.74. The van der Waals surface area contributed by atoms with E-state index in [1.54, 1.807) is 6.20 Å². The molecule has 0 saturated carbocycles. The Morgan fingerprint density at radius 3 is 2.65 bits per heavy atom. The van der Waals surface area contributed by atoms with Crippen molar-refractivity contribution in [1.82, 2.24) is 9.88 Å². The molecule has 0 bridgehead atoms. The molecule has 1 atom stereocenters. The van der Waals surface area contributed by atoms with Gasteiger partial charge in [-0.2, -0.15) is 0 Å². The van der Waals surface area contributed by atoms with Gasteiger partial charge in [-0.1, -0.05) is 36.4 Å². The van der Waals surface area contributed by atoms with Crippen LogP contribution in [0.5, 0.6) is 0 Å². The molecule has 1 aromatic heterocycles. The fraction of sp³-hybridized carbons (Fsp3) is 0.294. The normalized spacial score (nSPS) is 19.4. The molecule has 2 heterocycles. The Hall–Kier alpha value is -2.00. The maximum atomic E-state index is 12.1. The van der Waals surface area contributed by atoms with Crippen LogP contribution in [0.15, 0.2) is 54.7 Å². The molecule has 1 aromatic carbocycles. The summed E-state index contributed by atoms with van der Waals surface area (Å²) in [5, 5.41) is 0. The second-order valence-electron chi connectivity index (χ2n) is 5.34. The molecule has 0 spiro atoms. The zero-order valence-electron chi connectivity index (χ0n) is 11.4. The monoisotopic (exact) mass is 266 g/mol. The van der Waals surface area contributed by atoms with Crippen LogP contribution in [0.4, 0.5) is 0 Å². The lowest BCUT2D eigenvalue weighted by molar-refractivity contribution is -0.119. The third-order valence-electron chi connectivity index (χ3n) is 3.74. The van der Waals surface area contributed by atoms with Crippen molar-refractivity contribution >= 4 is 5.78 Å². The number of hydrogen-bond acceptors (Lipinski definition) is 3. The molecule has 0 radical (unpaired) electrons. The van der Waals surface area contributed by atoms with Gasteiger partial charge in [0.2, 0.25) is 0 Å². The zero-order valence-corrected chi connectivity index (χ0v) is 11.4. The Bertz CT molecular complexity index is 568. The fourth-order valence-electron chi connectivity index (χ4n) is 2.74.